The number of hydrogen-bond acceptors (Lipinski definition) is 4. The molecule has 1 N–H and O–H groups in total. The monoisotopic (exact) mass is 295 g/mol. The molecule has 0 amide bonds. The van der Waals surface area contributed by atoms with Crippen LogP contribution in [0.15, 0.2) is 18.2 Å². The van der Waals surface area contributed by atoms with Crippen molar-refractivity contribution in [2.45, 2.75) is 52.1 Å². The lowest BCUT2D eigenvalue weighted by molar-refractivity contribution is -0.386. The highest BCUT2D eigenvalue weighted by Gasteiger charge is 2.20. The van der Waals surface area contributed by atoms with E-state index in [0.29, 0.717) is 0 Å². The SMILES string of the molecule is CCCCCC[C@@H](C)Oc1ccc(C(=O)O)cc1[N+](=O)[O-]. The van der Waals surface area contributed by atoms with Gasteiger partial charge in [-0.2, -0.15) is 0 Å². The fraction of sp³-hybridized carbons (Fsp3) is 0.533. The fourth-order valence-electron chi connectivity index (χ4n) is 2.03. The zero-order chi connectivity index (χ0) is 15.8. The maximum absolute atomic E-state index is 11.0. The molecule has 21 heavy (non-hydrogen) atoms. The number of carbonyl (C=O) groups is 1. The number of rotatable bonds is 9. The van der Waals surface area contributed by atoms with Gasteiger partial charge in [-0.15, -0.1) is 0 Å². The number of aromatic carboxylic acids is 1. The normalized spacial score (nSPS) is 11.9. The third-order valence-corrected chi connectivity index (χ3v) is 3.19. The van der Waals surface area contributed by atoms with Gasteiger partial charge in [-0.3, -0.25) is 10.1 Å². The molecule has 116 valence electrons. The molecular formula is C15H21NO5. The van der Waals surface area contributed by atoms with E-state index in [9.17, 15) is 14.9 Å². The lowest BCUT2D eigenvalue weighted by Crippen LogP contribution is -2.13. The number of nitrogens with zero attached hydrogens (tertiary/aromatic N) is 1. The van der Waals surface area contributed by atoms with Crippen LogP contribution < -0.4 is 4.74 Å². The van der Waals surface area contributed by atoms with Crippen molar-refractivity contribution in [2.75, 3.05) is 0 Å². The molecule has 0 aliphatic carbocycles. The molecule has 0 saturated carbocycles. The summed E-state index contributed by atoms with van der Waals surface area (Å²) in [5.74, 6) is -1.08. The molecule has 0 fully saturated rings. The molecule has 0 radical (unpaired) electrons. The molecule has 0 aliphatic rings. The highest BCUT2D eigenvalue weighted by Crippen LogP contribution is 2.29. The van der Waals surface area contributed by atoms with Crippen molar-refractivity contribution in [3.63, 3.8) is 0 Å². The Morgan fingerprint density at radius 2 is 2.10 bits per heavy atom. The van der Waals surface area contributed by atoms with Crippen molar-refractivity contribution in [3.05, 3.63) is 33.9 Å². The highest BCUT2D eigenvalue weighted by molar-refractivity contribution is 5.88. The van der Waals surface area contributed by atoms with E-state index in [1.54, 1.807) is 0 Å². The molecule has 0 heterocycles. The molecule has 0 aliphatic heterocycles. The Bertz CT molecular complexity index is 501. The molecule has 1 aromatic rings. The third-order valence-electron chi connectivity index (χ3n) is 3.19. The number of carboxylic acid groups (broad SMARTS) is 1. The van der Waals surface area contributed by atoms with Crippen LogP contribution in [-0.4, -0.2) is 22.1 Å². The first-order chi connectivity index (χ1) is 9.95. The van der Waals surface area contributed by atoms with Crippen LogP contribution in [0.1, 0.15) is 56.3 Å². The quantitative estimate of drug-likeness (QED) is 0.422. The molecule has 0 saturated heterocycles. The minimum Gasteiger partial charge on any atom is -0.484 e. The third kappa shape index (κ3) is 5.41. The maximum Gasteiger partial charge on any atom is 0.335 e. The summed E-state index contributed by atoms with van der Waals surface area (Å²) in [6, 6.07) is 3.69. The first-order valence-electron chi connectivity index (χ1n) is 7.14. The Hall–Kier alpha value is -2.11. The van der Waals surface area contributed by atoms with Gasteiger partial charge in [-0.25, -0.2) is 4.79 Å². The highest BCUT2D eigenvalue weighted by atomic mass is 16.6. The van der Waals surface area contributed by atoms with Crippen LogP contribution in [0.3, 0.4) is 0 Å². The molecule has 1 rings (SSSR count). The van der Waals surface area contributed by atoms with Crippen LogP contribution in [0, 0.1) is 10.1 Å². The zero-order valence-electron chi connectivity index (χ0n) is 12.4. The van der Waals surface area contributed by atoms with Crippen molar-refractivity contribution in [1.29, 1.82) is 0 Å². The van der Waals surface area contributed by atoms with Gasteiger partial charge in [0.05, 0.1) is 16.6 Å². The number of unbranched alkanes of at least 4 members (excludes halogenated alkanes) is 3. The summed E-state index contributed by atoms with van der Waals surface area (Å²) in [6.45, 7) is 3.99. The molecule has 0 spiro atoms. The predicted octanol–water partition coefficient (Wildman–Crippen LogP) is 4.03. The topological polar surface area (TPSA) is 89.7 Å². The number of nitro groups is 1. The van der Waals surface area contributed by atoms with E-state index in [2.05, 4.69) is 6.92 Å². The van der Waals surface area contributed by atoms with Crippen molar-refractivity contribution in [2.24, 2.45) is 0 Å². The van der Waals surface area contributed by atoms with E-state index in [0.717, 1.165) is 31.7 Å². The van der Waals surface area contributed by atoms with E-state index in [1.165, 1.54) is 18.6 Å². The Balaban J connectivity index is 2.73. The number of carboxylic acids is 1. The predicted molar refractivity (Wildman–Crippen MR) is 78.9 cm³/mol. The van der Waals surface area contributed by atoms with Crippen molar-refractivity contribution in [3.8, 4) is 5.75 Å². The Labute approximate surface area is 123 Å². The average molecular weight is 295 g/mol. The van der Waals surface area contributed by atoms with Gasteiger partial charge in [0.15, 0.2) is 5.75 Å². The Morgan fingerprint density at radius 3 is 2.67 bits per heavy atom. The van der Waals surface area contributed by atoms with Gasteiger partial charge in [0, 0.05) is 6.07 Å². The van der Waals surface area contributed by atoms with E-state index < -0.39 is 10.9 Å². The maximum atomic E-state index is 11.0. The van der Waals surface area contributed by atoms with Gasteiger partial charge in [-0.05, 0) is 31.9 Å². The minimum atomic E-state index is -1.20. The molecule has 6 heteroatoms. The average Bonchev–Trinajstić information content (AvgIpc) is 2.43. The lowest BCUT2D eigenvalue weighted by Gasteiger charge is -2.14. The van der Waals surface area contributed by atoms with E-state index >= 15 is 0 Å². The van der Waals surface area contributed by atoms with Crippen LogP contribution in [0.2, 0.25) is 0 Å². The smallest absolute Gasteiger partial charge is 0.335 e. The second-order valence-corrected chi connectivity index (χ2v) is 5.02. The van der Waals surface area contributed by atoms with Gasteiger partial charge in [0.25, 0.3) is 0 Å². The molecule has 6 nitrogen and oxygen atoms in total. The number of hydrogen-bond donors (Lipinski definition) is 1. The van der Waals surface area contributed by atoms with Gasteiger partial charge in [0.1, 0.15) is 0 Å². The molecule has 1 atom stereocenters. The minimum absolute atomic E-state index is 0.119. The number of nitro benzene ring substituents is 1. The Kier molecular flexibility index (Phi) is 6.65. The number of benzene rings is 1. The van der Waals surface area contributed by atoms with E-state index in [-0.39, 0.29) is 23.1 Å². The molecule has 0 aromatic heterocycles. The van der Waals surface area contributed by atoms with Crippen LogP contribution in [0.25, 0.3) is 0 Å². The second kappa shape index (κ2) is 8.24. The summed E-state index contributed by atoms with van der Waals surface area (Å²) in [4.78, 5) is 21.2. The summed E-state index contributed by atoms with van der Waals surface area (Å²) in [7, 11) is 0. The van der Waals surface area contributed by atoms with Crippen LogP contribution in [0.4, 0.5) is 5.69 Å². The van der Waals surface area contributed by atoms with Crippen molar-refractivity contribution < 1.29 is 19.6 Å². The van der Waals surface area contributed by atoms with Crippen molar-refractivity contribution >= 4 is 11.7 Å². The first-order valence-corrected chi connectivity index (χ1v) is 7.14. The van der Waals surface area contributed by atoms with Gasteiger partial charge in [-0.1, -0.05) is 26.2 Å². The fourth-order valence-corrected chi connectivity index (χ4v) is 2.03. The molecule has 0 unspecified atom stereocenters. The van der Waals surface area contributed by atoms with Crippen LogP contribution >= 0.6 is 0 Å². The molecule has 0 bridgehead atoms. The van der Waals surface area contributed by atoms with Gasteiger partial charge in [0.2, 0.25) is 0 Å². The summed E-state index contributed by atoms with van der Waals surface area (Å²) < 4.78 is 5.59. The second-order valence-electron chi connectivity index (χ2n) is 5.02. The summed E-state index contributed by atoms with van der Waals surface area (Å²) in [6.07, 6.45) is 5.12. The summed E-state index contributed by atoms with van der Waals surface area (Å²) >= 11 is 0. The standard InChI is InChI=1S/C15H21NO5/c1-3-4-5-6-7-11(2)21-14-9-8-12(15(17)18)10-13(14)16(19)20/h8-11H,3-7H2,1-2H3,(H,17,18)/t11-/m1/s1. The van der Waals surface area contributed by atoms with E-state index in [4.69, 9.17) is 9.84 Å². The lowest BCUT2D eigenvalue weighted by atomic mass is 10.1. The molecular weight excluding hydrogens is 274 g/mol. The first kappa shape index (κ1) is 16.9. The summed E-state index contributed by atoms with van der Waals surface area (Å²) in [5.41, 5.74) is -0.431. The van der Waals surface area contributed by atoms with E-state index in [1.807, 2.05) is 6.92 Å². The molecule has 1 aromatic carbocycles. The van der Waals surface area contributed by atoms with Gasteiger partial charge >= 0.3 is 11.7 Å². The van der Waals surface area contributed by atoms with Crippen LogP contribution in [-0.2, 0) is 0 Å². The van der Waals surface area contributed by atoms with Crippen molar-refractivity contribution in [1.82, 2.24) is 0 Å². The Morgan fingerprint density at radius 1 is 1.38 bits per heavy atom. The van der Waals surface area contributed by atoms with Crippen LogP contribution in [0.5, 0.6) is 5.75 Å². The number of ether oxygens (including phenoxy) is 1. The largest absolute Gasteiger partial charge is 0.484 e. The summed E-state index contributed by atoms with van der Waals surface area (Å²) in [5, 5.41) is 19.9. The zero-order valence-corrected chi connectivity index (χ0v) is 12.4. The van der Waals surface area contributed by atoms with Gasteiger partial charge < -0.3 is 9.84 Å².